The Kier molecular flexibility index (Phi) is 3.95. The summed E-state index contributed by atoms with van der Waals surface area (Å²) < 4.78 is 2.22. The highest BCUT2D eigenvalue weighted by atomic mass is 35.5. The highest BCUT2D eigenvalue weighted by Crippen LogP contribution is 2.20. The van der Waals surface area contributed by atoms with Gasteiger partial charge in [-0.3, -0.25) is 0 Å². The van der Waals surface area contributed by atoms with Crippen LogP contribution < -0.4 is 0 Å². The van der Waals surface area contributed by atoms with Crippen molar-refractivity contribution in [3.05, 3.63) is 71.4 Å². The Morgan fingerprint density at radius 2 is 1.61 bits per heavy atom. The van der Waals surface area contributed by atoms with Crippen LogP contribution in [0.3, 0.4) is 0 Å². The maximum atomic E-state index is 6.18. The molecule has 18 heavy (non-hydrogen) atoms. The number of halogens is 2. The van der Waals surface area contributed by atoms with Crippen molar-refractivity contribution in [3.63, 3.8) is 0 Å². The zero-order valence-corrected chi connectivity index (χ0v) is 11.3. The summed E-state index contributed by atoms with van der Waals surface area (Å²) in [5.74, 6) is 0. The quantitative estimate of drug-likeness (QED) is 0.636. The van der Waals surface area contributed by atoms with Crippen molar-refractivity contribution >= 4 is 34.9 Å². The molecule has 0 aliphatic rings. The monoisotopic (exact) mass is 277 g/mol. The second kappa shape index (κ2) is 5.47. The second-order valence-electron chi connectivity index (χ2n) is 4.09. The lowest BCUT2D eigenvalue weighted by Crippen LogP contribution is -1.98. The Bertz CT molecular complexity index is 658. The lowest BCUT2D eigenvalue weighted by Gasteiger charge is -2.07. The average molecular weight is 278 g/mol. The van der Waals surface area contributed by atoms with Crippen molar-refractivity contribution in [2.24, 2.45) is 0 Å². The van der Waals surface area contributed by atoms with Crippen LogP contribution in [0.15, 0.2) is 60.8 Å². The van der Waals surface area contributed by atoms with E-state index in [4.69, 9.17) is 11.6 Å². The molecule has 3 heteroatoms. The summed E-state index contributed by atoms with van der Waals surface area (Å²) in [6.07, 6.45) is 2.11. The summed E-state index contributed by atoms with van der Waals surface area (Å²) in [5.41, 5.74) is 2.39. The van der Waals surface area contributed by atoms with E-state index in [1.165, 1.54) is 10.9 Å². The predicted molar refractivity (Wildman–Crippen MR) is 79.7 cm³/mol. The fraction of sp³-hybridized carbons (Fsp3) is 0.0667. The topological polar surface area (TPSA) is 4.93 Å². The van der Waals surface area contributed by atoms with Crippen molar-refractivity contribution < 1.29 is 0 Å². The van der Waals surface area contributed by atoms with Gasteiger partial charge in [-0.15, -0.1) is 12.4 Å². The highest BCUT2D eigenvalue weighted by molar-refractivity contribution is 6.31. The summed E-state index contributed by atoms with van der Waals surface area (Å²) in [6.45, 7) is 0.813. The van der Waals surface area contributed by atoms with E-state index in [1.807, 2.05) is 18.2 Å². The maximum Gasteiger partial charge on any atom is 0.0490 e. The van der Waals surface area contributed by atoms with Gasteiger partial charge in [0.1, 0.15) is 0 Å². The minimum Gasteiger partial charge on any atom is -0.343 e. The summed E-state index contributed by atoms with van der Waals surface area (Å²) >= 11 is 6.18. The number of aromatic nitrogens is 1. The molecule has 0 unspecified atom stereocenters. The molecule has 0 aliphatic heterocycles. The summed E-state index contributed by atoms with van der Waals surface area (Å²) in [6, 6.07) is 18.5. The van der Waals surface area contributed by atoms with Crippen molar-refractivity contribution in [2.45, 2.75) is 6.54 Å². The molecule has 3 rings (SSSR count). The van der Waals surface area contributed by atoms with E-state index >= 15 is 0 Å². The number of benzene rings is 2. The third-order valence-corrected chi connectivity index (χ3v) is 3.35. The van der Waals surface area contributed by atoms with Crippen LogP contribution in [-0.4, -0.2) is 4.57 Å². The Morgan fingerprint density at radius 3 is 2.44 bits per heavy atom. The summed E-state index contributed by atoms with van der Waals surface area (Å²) in [5, 5.41) is 2.09. The van der Waals surface area contributed by atoms with Crippen LogP contribution in [0.25, 0.3) is 10.9 Å². The number of para-hydroxylation sites is 1. The van der Waals surface area contributed by atoms with Crippen LogP contribution in [0.4, 0.5) is 0 Å². The standard InChI is InChI=1S/C15H12ClN.ClH/c16-14-7-3-1-6-13(14)11-17-10-9-12-5-2-4-8-15(12)17;/h1-10H,11H2;1H. The third kappa shape index (κ3) is 2.38. The molecule has 0 amide bonds. The number of fused-ring (bicyclic) bond motifs is 1. The first-order valence-electron chi connectivity index (χ1n) is 5.62. The number of hydrogen-bond donors (Lipinski definition) is 0. The van der Waals surface area contributed by atoms with Gasteiger partial charge < -0.3 is 4.57 Å². The lowest BCUT2D eigenvalue weighted by molar-refractivity contribution is 0.837. The van der Waals surface area contributed by atoms with Gasteiger partial charge in [0.05, 0.1) is 0 Å². The molecule has 0 atom stereocenters. The minimum absolute atomic E-state index is 0. The van der Waals surface area contributed by atoms with E-state index < -0.39 is 0 Å². The van der Waals surface area contributed by atoms with Gasteiger partial charge >= 0.3 is 0 Å². The van der Waals surface area contributed by atoms with Gasteiger partial charge in [0.2, 0.25) is 0 Å². The number of nitrogens with zero attached hydrogens (tertiary/aromatic N) is 1. The van der Waals surface area contributed by atoms with Crippen LogP contribution in [0.2, 0.25) is 5.02 Å². The molecule has 0 saturated carbocycles. The molecule has 1 nitrogen and oxygen atoms in total. The molecule has 0 saturated heterocycles. The molecular formula is C15H13Cl2N. The van der Waals surface area contributed by atoms with Crippen molar-refractivity contribution in [2.75, 3.05) is 0 Å². The van der Waals surface area contributed by atoms with E-state index in [2.05, 4.69) is 47.2 Å². The van der Waals surface area contributed by atoms with Gasteiger partial charge in [-0.25, -0.2) is 0 Å². The summed E-state index contributed by atoms with van der Waals surface area (Å²) in [7, 11) is 0. The lowest BCUT2D eigenvalue weighted by atomic mass is 10.2. The molecule has 0 fully saturated rings. The third-order valence-electron chi connectivity index (χ3n) is 2.98. The molecule has 0 bridgehead atoms. The zero-order chi connectivity index (χ0) is 11.7. The number of hydrogen-bond acceptors (Lipinski definition) is 0. The van der Waals surface area contributed by atoms with Gasteiger partial charge in [-0.05, 0) is 29.1 Å². The van der Waals surface area contributed by atoms with Crippen LogP contribution in [0.5, 0.6) is 0 Å². The molecule has 0 radical (unpaired) electrons. The second-order valence-corrected chi connectivity index (χ2v) is 4.50. The SMILES string of the molecule is Cl.Clc1ccccc1Cn1ccc2ccccc21. The smallest absolute Gasteiger partial charge is 0.0490 e. The fourth-order valence-electron chi connectivity index (χ4n) is 2.09. The van der Waals surface area contributed by atoms with Crippen LogP contribution in [-0.2, 0) is 6.54 Å². The number of rotatable bonds is 2. The van der Waals surface area contributed by atoms with E-state index in [1.54, 1.807) is 0 Å². The Hall–Kier alpha value is -1.44. The van der Waals surface area contributed by atoms with Gasteiger partial charge in [0.15, 0.2) is 0 Å². The molecule has 0 N–H and O–H groups in total. The van der Waals surface area contributed by atoms with E-state index in [0.717, 1.165) is 17.1 Å². The molecule has 92 valence electrons. The van der Waals surface area contributed by atoms with E-state index in [9.17, 15) is 0 Å². The van der Waals surface area contributed by atoms with Crippen molar-refractivity contribution in [1.29, 1.82) is 0 Å². The average Bonchev–Trinajstić information content (AvgIpc) is 2.76. The summed E-state index contributed by atoms with van der Waals surface area (Å²) in [4.78, 5) is 0. The van der Waals surface area contributed by atoms with Crippen molar-refractivity contribution in [3.8, 4) is 0 Å². The van der Waals surface area contributed by atoms with E-state index in [-0.39, 0.29) is 12.4 Å². The zero-order valence-electron chi connectivity index (χ0n) is 9.71. The Morgan fingerprint density at radius 1 is 0.889 bits per heavy atom. The predicted octanol–water partition coefficient (Wildman–Crippen LogP) is 4.76. The highest BCUT2D eigenvalue weighted by Gasteiger charge is 2.03. The molecular weight excluding hydrogens is 265 g/mol. The minimum atomic E-state index is 0. The van der Waals surface area contributed by atoms with Crippen LogP contribution in [0, 0.1) is 0 Å². The van der Waals surface area contributed by atoms with Gasteiger partial charge in [-0.2, -0.15) is 0 Å². The van der Waals surface area contributed by atoms with Crippen LogP contribution in [0.1, 0.15) is 5.56 Å². The molecule has 1 heterocycles. The maximum absolute atomic E-state index is 6.18. The fourth-order valence-corrected chi connectivity index (χ4v) is 2.28. The first-order chi connectivity index (χ1) is 8.34. The molecule has 0 aliphatic carbocycles. The molecule has 3 aromatic rings. The van der Waals surface area contributed by atoms with Crippen molar-refractivity contribution in [1.82, 2.24) is 4.57 Å². The first kappa shape index (κ1) is 13.0. The van der Waals surface area contributed by atoms with Gasteiger partial charge in [-0.1, -0.05) is 48.0 Å². The Balaban J connectivity index is 0.00000120. The first-order valence-corrected chi connectivity index (χ1v) is 6.00. The van der Waals surface area contributed by atoms with Gasteiger partial charge in [0, 0.05) is 23.3 Å². The Labute approximate surface area is 117 Å². The molecule has 1 aromatic heterocycles. The van der Waals surface area contributed by atoms with E-state index in [0.29, 0.717) is 0 Å². The van der Waals surface area contributed by atoms with Crippen LogP contribution >= 0.6 is 24.0 Å². The molecule has 0 spiro atoms. The largest absolute Gasteiger partial charge is 0.343 e. The normalized spacial score (nSPS) is 10.3. The molecule has 2 aromatic carbocycles. The van der Waals surface area contributed by atoms with Gasteiger partial charge in [0.25, 0.3) is 0 Å².